The molecule has 0 bridgehead atoms. The molecule has 0 spiro atoms. The van der Waals surface area contributed by atoms with Gasteiger partial charge in [0.15, 0.2) is 0 Å². The SMILES string of the molecule is COc1ccc(NCc2cccc3cccnc23)cc1-n1cnnn1. The first-order chi connectivity index (χ1) is 12.3. The molecule has 7 heteroatoms. The summed E-state index contributed by atoms with van der Waals surface area (Å²) in [4.78, 5) is 4.49. The van der Waals surface area contributed by atoms with E-state index in [0.717, 1.165) is 27.8 Å². The minimum Gasteiger partial charge on any atom is -0.494 e. The number of hydrogen-bond acceptors (Lipinski definition) is 6. The lowest BCUT2D eigenvalue weighted by atomic mass is 10.1. The van der Waals surface area contributed by atoms with Crippen LogP contribution in [0.2, 0.25) is 0 Å². The van der Waals surface area contributed by atoms with Gasteiger partial charge in [0.2, 0.25) is 0 Å². The van der Waals surface area contributed by atoms with Crippen molar-refractivity contribution in [2.75, 3.05) is 12.4 Å². The molecule has 0 saturated carbocycles. The van der Waals surface area contributed by atoms with Gasteiger partial charge in [-0.05, 0) is 40.3 Å². The second-order valence-corrected chi connectivity index (χ2v) is 5.49. The van der Waals surface area contributed by atoms with Gasteiger partial charge < -0.3 is 10.1 Å². The predicted molar refractivity (Wildman–Crippen MR) is 94.8 cm³/mol. The lowest BCUT2D eigenvalue weighted by molar-refractivity contribution is 0.411. The second kappa shape index (κ2) is 6.56. The number of hydrogen-bond donors (Lipinski definition) is 1. The van der Waals surface area contributed by atoms with Crippen molar-refractivity contribution in [1.29, 1.82) is 0 Å². The summed E-state index contributed by atoms with van der Waals surface area (Å²) in [6.07, 6.45) is 3.35. The van der Waals surface area contributed by atoms with Crippen LogP contribution in [0.25, 0.3) is 16.6 Å². The minimum absolute atomic E-state index is 0.662. The van der Waals surface area contributed by atoms with Crippen molar-refractivity contribution in [3.8, 4) is 11.4 Å². The fourth-order valence-corrected chi connectivity index (χ4v) is 2.76. The number of methoxy groups -OCH3 is 1. The summed E-state index contributed by atoms with van der Waals surface area (Å²) < 4.78 is 6.96. The van der Waals surface area contributed by atoms with Gasteiger partial charge in [-0.15, -0.1) is 5.10 Å². The first-order valence-electron chi connectivity index (χ1n) is 7.83. The van der Waals surface area contributed by atoms with E-state index in [1.807, 2.05) is 36.5 Å². The number of rotatable bonds is 5. The van der Waals surface area contributed by atoms with Crippen LogP contribution in [0.1, 0.15) is 5.56 Å². The van der Waals surface area contributed by atoms with Gasteiger partial charge in [-0.25, -0.2) is 0 Å². The number of nitrogens with one attached hydrogen (secondary N) is 1. The topological polar surface area (TPSA) is 77.8 Å². The number of anilines is 1. The number of benzene rings is 2. The highest BCUT2D eigenvalue weighted by atomic mass is 16.5. The lowest BCUT2D eigenvalue weighted by Gasteiger charge is -2.12. The number of nitrogens with zero attached hydrogens (tertiary/aromatic N) is 5. The van der Waals surface area contributed by atoms with Crippen LogP contribution < -0.4 is 10.1 Å². The van der Waals surface area contributed by atoms with Crippen LogP contribution in [0.15, 0.2) is 61.1 Å². The van der Waals surface area contributed by atoms with Crippen molar-refractivity contribution in [1.82, 2.24) is 25.2 Å². The third-order valence-corrected chi connectivity index (χ3v) is 3.97. The molecule has 7 nitrogen and oxygen atoms in total. The molecule has 124 valence electrons. The molecule has 2 aromatic heterocycles. The van der Waals surface area contributed by atoms with Gasteiger partial charge in [-0.3, -0.25) is 4.98 Å². The molecule has 1 N–H and O–H groups in total. The lowest BCUT2D eigenvalue weighted by Crippen LogP contribution is -2.04. The van der Waals surface area contributed by atoms with Crippen LogP contribution >= 0.6 is 0 Å². The summed E-state index contributed by atoms with van der Waals surface area (Å²) in [5, 5.41) is 15.9. The molecule has 0 amide bonds. The summed E-state index contributed by atoms with van der Waals surface area (Å²) in [5.41, 5.74) is 3.86. The highest BCUT2D eigenvalue weighted by Crippen LogP contribution is 2.26. The van der Waals surface area contributed by atoms with E-state index >= 15 is 0 Å². The van der Waals surface area contributed by atoms with Gasteiger partial charge >= 0.3 is 0 Å². The van der Waals surface area contributed by atoms with E-state index < -0.39 is 0 Å². The second-order valence-electron chi connectivity index (χ2n) is 5.49. The van der Waals surface area contributed by atoms with E-state index in [0.29, 0.717) is 12.3 Å². The van der Waals surface area contributed by atoms with Crippen LogP contribution in [0, 0.1) is 0 Å². The Kier molecular flexibility index (Phi) is 3.96. The van der Waals surface area contributed by atoms with Crippen molar-refractivity contribution in [3.63, 3.8) is 0 Å². The molecule has 4 aromatic rings. The highest BCUT2D eigenvalue weighted by Gasteiger charge is 2.08. The van der Waals surface area contributed by atoms with E-state index in [1.54, 1.807) is 11.8 Å². The molecule has 0 radical (unpaired) electrons. The average molecular weight is 332 g/mol. The molecule has 0 aliphatic carbocycles. The maximum absolute atomic E-state index is 5.39. The van der Waals surface area contributed by atoms with E-state index in [1.165, 1.54) is 6.33 Å². The quantitative estimate of drug-likeness (QED) is 0.605. The normalized spacial score (nSPS) is 10.8. The Morgan fingerprint density at radius 1 is 1.12 bits per heavy atom. The summed E-state index contributed by atoms with van der Waals surface area (Å²) in [6, 6.07) is 16.0. The largest absolute Gasteiger partial charge is 0.494 e. The fourth-order valence-electron chi connectivity index (χ4n) is 2.76. The van der Waals surface area contributed by atoms with Crippen molar-refractivity contribution >= 4 is 16.6 Å². The van der Waals surface area contributed by atoms with E-state index in [-0.39, 0.29) is 0 Å². The number of fused-ring (bicyclic) bond motifs is 1. The van der Waals surface area contributed by atoms with Crippen molar-refractivity contribution < 1.29 is 4.74 Å². The Morgan fingerprint density at radius 2 is 2.04 bits per heavy atom. The first kappa shape index (κ1) is 15.1. The molecular weight excluding hydrogens is 316 g/mol. The molecule has 0 fully saturated rings. The maximum Gasteiger partial charge on any atom is 0.144 e. The number of ether oxygens (including phenoxy) is 1. The zero-order chi connectivity index (χ0) is 17.1. The van der Waals surface area contributed by atoms with Crippen LogP contribution in [0.4, 0.5) is 5.69 Å². The van der Waals surface area contributed by atoms with Gasteiger partial charge in [0, 0.05) is 23.8 Å². The average Bonchev–Trinajstić information content (AvgIpc) is 3.21. The third-order valence-electron chi connectivity index (χ3n) is 3.97. The molecule has 4 rings (SSSR count). The van der Waals surface area contributed by atoms with Crippen LogP contribution in [0.5, 0.6) is 5.75 Å². The van der Waals surface area contributed by atoms with Gasteiger partial charge in [0.25, 0.3) is 0 Å². The van der Waals surface area contributed by atoms with Crippen molar-refractivity contribution in [3.05, 3.63) is 66.6 Å². The Balaban J connectivity index is 1.62. The van der Waals surface area contributed by atoms with Crippen molar-refractivity contribution in [2.24, 2.45) is 0 Å². The number of pyridine rings is 1. The molecule has 0 aliphatic rings. The first-order valence-corrected chi connectivity index (χ1v) is 7.83. The minimum atomic E-state index is 0.662. The van der Waals surface area contributed by atoms with Gasteiger partial charge in [0.05, 0.1) is 12.6 Å². The molecule has 25 heavy (non-hydrogen) atoms. The summed E-state index contributed by atoms with van der Waals surface area (Å²) in [7, 11) is 1.62. The Labute approximate surface area is 144 Å². The van der Waals surface area contributed by atoms with E-state index in [4.69, 9.17) is 4.74 Å². The molecule has 2 heterocycles. The monoisotopic (exact) mass is 332 g/mol. The van der Waals surface area contributed by atoms with Gasteiger partial charge in [-0.2, -0.15) is 4.68 Å². The highest BCUT2D eigenvalue weighted by molar-refractivity contribution is 5.81. The maximum atomic E-state index is 5.39. The van der Waals surface area contributed by atoms with E-state index in [2.05, 4.69) is 44.0 Å². The summed E-state index contributed by atoms with van der Waals surface area (Å²) in [5.74, 6) is 0.699. The predicted octanol–water partition coefficient (Wildman–Crippen LogP) is 2.83. The number of tetrazole rings is 1. The van der Waals surface area contributed by atoms with Gasteiger partial charge in [-0.1, -0.05) is 24.3 Å². The van der Waals surface area contributed by atoms with Crippen LogP contribution in [-0.4, -0.2) is 32.3 Å². The Bertz CT molecular complexity index is 994. The fraction of sp³-hybridized carbons (Fsp3) is 0.111. The molecule has 0 unspecified atom stereocenters. The van der Waals surface area contributed by atoms with E-state index in [9.17, 15) is 0 Å². The van der Waals surface area contributed by atoms with Crippen LogP contribution in [0.3, 0.4) is 0 Å². The smallest absolute Gasteiger partial charge is 0.144 e. The molecule has 2 aromatic carbocycles. The Morgan fingerprint density at radius 3 is 2.88 bits per heavy atom. The molecule has 0 saturated heterocycles. The molecule has 0 atom stereocenters. The summed E-state index contributed by atoms with van der Waals surface area (Å²) >= 11 is 0. The van der Waals surface area contributed by atoms with Crippen molar-refractivity contribution in [2.45, 2.75) is 6.54 Å². The molecular formula is C18H16N6O. The van der Waals surface area contributed by atoms with Crippen LogP contribution in [-0.2, 0) is 6.54 Å². The number of aromatic nitrogens is 5. The number of para-hydroxylation sites is 1. The molecule has 0 aliphatic heterocycles. The standard InChI is InChI=1S/C18H16N6O/c1-25-17-8-7-15(10-16(17)24-12-21-22-23-24)20-11-14-5-2-4-13-6-3-9-19-18(13)14/h2-10,12,20H,11H2,1H3. The summed E-state index contributed by atoms with van der Waals surface area (Å²) in [6.45, 7) is 0.662. The third kappa shape index (κ3) is 2.99. The Hall–Kier alpha value is -3.48. The zero-order valence-corrected chi connectivity index (χ0v) is 13.6. The zero-order valence-electron chi connectivity index (χ0n) is 13.6. The van der Waals surface area contributed by atoms with Gasteiger partial charge in [0.1, 0.15) is 17.8 Å².